The van der Waals surface area contributed by atoms with Crippen LogP contribution in [0.5, 0.6) is 11.5 Å². The summed E-state index contributed by atoms with van der Waals surface area (Å²) in [5.41, 5.74) is 1.39. The fraction of sp³-hybridized carbons (Fsp3) is 0.571. The van der Waals surface area contributed by atoms with Gasteiger partial charge in [0.2, 0.25) is 0 Å². The fourth-order valence-electron chi connectivity index (χ4n) is 2.30. The largest absolute Gasteiger partial charge is 0.493 e. The molecular formula is C14H19BrO3. The van der Waals surface area contributed by atoms with Gasteiger partial charge in [-0.15, -0.1) is 0 Å². The Labute approximate surface area is 116 Å². The number of methoxy groups -OCH3 is 2. The Kier molecular flexibility index (Phi) is 3.60. The van der Waals surface area contributed by atoms with Gasteiger partial charge in [0.25, 0.3) is 0 Å². The van der Waals surface area contributed by atoms with Crippen LogP contribution in [0, 0.1) is 0 Å². The van der Waals surface area contributed by atoms with Gasteiger partial charge < -0.3 is 14.6 Å². The van der Waals surface area contributed by atoms with Crippen LogP contribution in [0.3, 0.4) is 0 Å². The first-order chi connectivity index (χ1) is 8.44. The third-order valence-corrected chi connectivity index (χ3v) is 4.24. The van der Waals surface area contributed by atoms with E-state index in [0.717, 1.165) is 28.4 Å². The van der Waals surface area contributed by atoms with Crippen molar-refractivity contribution < 1.29 is 14.6 Å². The maximum atomic E-state index is 10.4. The molecule has 1 aliphatic rings. The van der Waals surface area contributed by atoms with Crippen LogP contribution >= 0.6 is 15.9 Å². The number of halogens is 1. The summed E-state index contributed by atoms with van der Waals surface area (Å²) in [7, 11) is 3.23. The van der Waals surface area contributed by atoms with E-state index < -0.39 is 5.60 Å². The van der Waals surface area contributed by atoms with E-state index in [4.69, 9.17) is 9.47 Å². The molecule has 0 heterocycles. The standard InChI is InChI=1S/C14H19BrO3/c1-8(2)11-9(14(16)5-6-14)7-10(17-3)13(18-4)12(11)15/h7-8,16H,5-6H2,1-4H3. The second-order valence-electron chi connectivity index (χ2n) is 5.07. The molecule has 0 bridgehead atoms. The lowest BCUT2D eigenvalue weighted by molar-refractivity contribution is 0.149. The van der Waals surface area contributed by atoms with Crippen LogP contribution in [-0.2, 0) is 5.60 Å². The van der Waals surface area contributed by atoms with Crippen molar-refractivity contribution in [3.05, 3.63) is 21.7 Å². The molecule has 1 aromatic rings. The van der Waals surface area contributed by atoms with Gasteiger partial charge in [-0.25, -0.2) is 0 Å². The maximum absolute atomic E-state index is 10.4. The molecule has 1 N–H and O–H groups in total. The van der Waals surface area contributed by atoms with Gasteiger partial charge in [0.05, 0.1) is 24.3 Å². The predicted molar refractivity (Wildman–Crippen MR) is 74.5 cm³/mol. The fourth-order valence-corrected chi connectivity index (χ4v) is 3.33. The highest BCUT2D eigenvalue weighted by Crippen LogP contribution is 2.53. The molecule has 0 saturated heterocycles. The number of rotatable bonds is 4. The first kappa shape index (κ1) is 13.7. The van der Waals surface area contributed by atoms with E-state index in [1.807, 2.05) is 6.07 Å². The topological polar surface area (TPSA) is 38.7 Å². The second-order valence-corrected chi connectivity index (χ2v) is 5.87. The Bertz CT molecular complexity index is 465. The molecule has 1 aromatic carbocycles. The van der Waals surface area contributed by atoms with Gasteiger partial charge in [-0.05, 0) is 51.9 Å². The van der Waals surface area contributed by atoms with E-state index in [1.165, 1.54) is 0 Å². The van der Waals surface area contributed by atoms with Crippen LogP contribution in [-0.4, -0.2) is 19.3 Å². The average Bonchev–Trinajstić information content (AvgIpc) is 3.06. The summed E-state index contributed by atoms with van der Waals surface area (Å²) in [6.07, 6.45) is 1.63. The van der Waals surface area contributed by atoms with Crippen molar-refractivity contribution in [1.82, 2.24) is 0 Å². The molecule has 0 atom stereocenters. The van der Waals surface area contributed by atoms with E-state index in [1.54, 1.807) is 14.2 Å². The molecule has 1 saturated carbocycles. The number of ether oxygens (including phenoxy) is 2. The molecule has 0 aromatic heterocycles. The molecule has 2 rings (SSSR count). The molecule has 0 aliphatic heterocycles. The van der Waals surface area contributed by atoms with Gasteiger partial charge in [-0.1, -0.05) is 13.8 Å². The third-order valence-electron chi connectivity index (χ3n) is 3.45. The zero-order chi connectivity index (χ0) is 13.5. The molecule has 0 spiro atoms. The molecule has 0 amide bonds. The number of hydrogen-bond acceptors (Lipinski definition) is 3. The maximum Gasteiger partial charge on any atom is 0.175 e. The molecule has 0 unspecified atom stereocenters. The predicted octanol–water partition coefficient (Wildman–Crippen LogP) is 3.57. The van der Waals surface area contributed by atoms with Gasteiger partial charge in [-0.3, -0.25) is 0 Å². The molecule has 0 radical (unpaired) electrons. The van der Waals surface area contributed by atoms with E-state index in [9.17, 15) is 5.11 Å². The van der Waals surface area contributed by atoms with Crippen LogP contribution in [0.4, 0.5) is 0 Å². The summed E-state index contributed by atoms with van der Waals surface area (Å²) in [5, 5.41) is 10.4. The van der Waals surface area contributed by atoms with Gasteiger partial charge in [0.1, 0.15) is 0 Å². The van der Waals surface area contributed by atoms with Crippen molar-refractivity contribution in [1.29, 1.82) is 0 Å². The van der Waals surface area contributed by atoms with Crippen molar-refractivity contribution in [2.45, 2.75) is 38.2 Å². The van der Waals surface area contributed by atoms with Crippen molar-refractivity contribution in [2.75, 3.05) is 14.2 Å². The van der Waals surface area contributed by atoms with Crippen LogP contribution in [0.15, 0.2) is 10.5 Å². The van der Waals surface area contributed by atoms with Crippen LogP contribution in [0.1, 0.15) is 43.7 Å². The van der Waals surface area contributed by atoms with Crippen LogP contribution in [0.25, 0.3) is 0 Å². The van der Waals surface area contributed by atoms with Crippen LogP contribution in [0.2, 0.25) is 0 Å². The summed E-state index contributed by atoms with van der Waals surface area (Å²) >= 11 is 3.59. The summed E-state index contributed by atoms with van der Waals surface area (Å²) < 4.78 is 11.6. The van der Waals surface area contributed by atoms with Crippen molar-refractivity contribution in [2.24, 2.45) is 0 Å². The molecule has 4 heteroatoms. The minimum Gasteiger partial charge on any atom is -0.493 e. The molecule has 3 nitrogen and oxygen atoms in total. The minimum absolute atomic E-state index is 0.304. The number of aliphatic hydroxyl groups is 1. The van der Waals surface area contributed by atoms with Gasteiger partial charge in [-0.2, -0.15) is 0 Å². The Morgan fingerprint density at radius 3 is 2.28 bits per heavy atom. The van der Waals surface area contributed by atoms with Crippen molar-refractivity contribution in [3.63, 3.8) is 0 Å². The smallest absolute Gasteiger partial charge is 0.175 e. The monoisotopic (exact) mass is 314 g/mol. The average molecular weight is 315 g/mol. The van der Waals surface area contributed by atoms with E-state index in [2.05, 4.69) is 29.8 Å². The summed E-state index contributed by atoms with van der Waals surface area (Å²) in [6.45, 7) is 4.22. The van der Waals surface area contributed by atoms with Gasteiger partial charge in [0, 0.05) is 0 Å². The second kappa shape index (κ2) is 4.74. The number of benzene rings is 1. The highest BCUT2D eigenvalue weighted by molar-refractivity contribution is 9.10. The van der Waals surface area contributed by atoms with Crippen LogP contribution < -0.4 is 9.47 Å². The van der Waals surface area contributed by atoms with E-state index in [0.29, 0.717) is 17.4 Å². The van der Waals surface area contributed by atoms with Crippen molar-refractivity contribution in [3.8, 4) is 11.5 Å². The minimum atomic E-state index is -0.679. The SMILES string of the molecule is COc1cc(C2(O)CC2)c(C(C)C)c(Br)c1OC. The molecular weight excluding hydrogens is 296 g/mol. The zero-order valence-corrected chi connectivity index (χ0v) is 12.8. The Morgan fingerprint density at radius 1 is 1.28 bits per heavy atom. The lowest BCUT2D eigenvalue weighted by atomic mass is 9.92. The lowest BCUT2D eigenvalue weighted by Gasteiger charge is -2.22. The van der Waals surface area contributed by atoms with Gasteiger partial charge >= 0.3 is 0 Å². The Morgan fingerprint density at radius 2 is 1.89 bits per heavy atom. The van der Waals surface area contributed by atoms with Gasteiger partial charge in [0.15, 0.2) is 11.5 Å². The molecule has 18 heavy (non-hydrogen) atoms. The lowest BCUT2D eigenvalue weighted by Crippen LogP contribution is -2.11. The summed E-state index contributed by atoms with van der Waals surface area (Å²) in [6, 6.07) is 1.91. The Hall–Kier alpha value is -0.740. The molecule has 1 fully saturated rings. The van der Waals surface area contributed by atoms with E-state index in [-0.39, 0.29) is 0 Å². The Balaban J connectivity index is 2.68. The quantitative estimate of drug-likeness (QED) is 0.923. The molecule has 100 valence electrons. The first-order valence-electron chi connectivity index (χ1n) is 6.12. The highest BCUT2D eigenvalue weighted by atomic mass is 79.9. The summed E-state index contributed by atoms with van der Waals surface area (Å²) in [5.74, 6) is 1.65. The zero-order valence-electron chi connectivity index (χ0n) is 11.2. The number of hydrogen-bond donors (Lipinski definition) is 1. The van der Waals surface area contributed by atoms with Crippen molar-refractivity contribution >= 4 is 15.9 Å². The first-order valence-corrected chi connectivity index (χ1v) is 6.91. The van der Waals surface area contributed by atoms with E-state index >= 15 is 0 Å². The summed E-state index contributed by atoms with van der Waals surface area (Å²) in [4.78, 5) is 0. The molecule has 1 aliphatic carbocycles. The third kappa shape index (κ3) is 2.12. The highest BCUT2D eigenvalue weighted by Gasteiger charge is 2.45. The normalized spacial score (nSPS) is 16.8.